The first-order chi connectivity index (χ1) is 10.2. The number of halogens is 1. The predicted octanol–water partition coefficient (Wildman–Crippen LogP) is 2.43. The first kappa shape index (κ1) is 14.4. The van der Waals surface area contributed by atoms with Crippen molar-refractivity contribution in [1.29, 1.82) is 0 Å². The van der Waals surface area contributed by atoms with Crippen molar-refractivity contribution in [2.75, 3.05) is 6.61 Å². The van der Waals surface area contributed by atoms with Gasteiger partial charge in [0.05, 0.1) is 0 Å². The van der Waals surface area contributed by atoms with Gasteiger partial charge in [-0.2, -0.15) is 0 Å². The molecule has 1 fully saturated rings. The molecule has 0 heterocycles. The van der Waals surface area contributed by atoms with Crippen LogP contribution >= 0.6 is 11.6 Å². The van der Waals surface area contributed by atoms with Crippen LogP contribution in [0.1, 0.15) is 24.3 Å². The number of carbonyl (C=O) groups is 1. The Labute approximate surface area is 129 Å². The summed E-state index contributed by atoms with van der Waals surface area (Å²) in [4.78, 5) is 11.9. The normalized spacial score (nSPS) is 30.2. The van der Waals surface area contributed by atoms with E-state index in [1.54, 1.807) is 0 Å². The highest BCUT2D eigenvalue weighted by Crippen LogP contribution is 2.41. The summed E-state index contributed by atoms with van der Waals surface area (Å²) in [5.74, 6) is 0.522. The maximum Gasteiger partial charge on any atom is 0.315 e. The molecule has 1 saturated carbocycles. The Morgan fingerprint density at radius 3 is 2.86 bits per heavy atom. The minimum Gasteiger partial charge on any atom is -0.396 e. The van der Waals surface area contributed by atoms with E-state index < -0.39 is 0 Å². The van der Waals surface area contributed by atoms with Crippen molar-refractivity contribution in [1.82, 2.24) is 10.6 Å². The molecule has 4 atom stereocenters. The summed E-state index contributed by atoms with van der Waals surface area (Å²) in [5, 5.41) is 15.7. The molecule has 1 aromatic carbocycles. The molecule has 0 bridgehead atoms. The third kappa shape index (κ3) is 3.57. The molecule has 112 valence electrons. The summed E-state index contributed by atoms with van der Waals surface area (Å²) >= 11 is 5.98. The van der Waals surface area contributed by atoms with Crippen LogP contribution in [-0.4, -0.2) is 29.8 Å². The van der Waals surface area contributed by atoms with Gasteiger partial charge in [-0.3, -0.25) is 0 Å². The minimum absolute atomic E-state index is 0.0190. The van der Waals surface area contributed by atoms with Crippen molar-refractivity contribution in [2.45, 2.75) is 30.8 Å². The van der Waals surface area contributed by atoms with Gasteiger partial charge in [0.2, 0.25) is 0 Å². The molecule has 0 aliphatic heterocycles. The fraction of sp³-hybridized carbons (Fsp3) is 0.438. The van der Waals surface area contributed by atoms with Gasteiger partial charge in [0.1, 0.15) is 0 Å². The first-order valence-electron chi connectivity index (χ1n) is 7.27. The zero-order chi connectivity index (χ0) is 14.8. The highest BCUT2D eigenvalue weighted by molar-refractivity contribution is 6.30. The maximum absolute atomic E-state index is 11.9. The van der Waals surface area contributed by atoms with Crippen LogP contribution in [0.5, 0.6) is 0 Å². The SMILES string of the molecule is O=C(NC1CC1c1cccc(Cl)c1)N[C@@H]1C=C[C@H](CO)C1. The number of urea groups is 1. The Morgan fingerprint density at radius 1 is 1.29 bits per heavy atom. The van der Waals surface area contributed by atoms with E-state index >= 15 is 0 Å². The average Bonchev–Trinajstić information content (AvgIpc) is 3.07. The molecule has 1 aromatic rings. The molecule has 2 aliphatic rings. The Hall–Kier alpha value is -1.52. The molecule has 2 unspecified atom stereocenters. The molecular formula is C16H19ClN2O2. The molecule has 2 amide bonds. The topological polar surface area (TPSA) is 61.4 Å². The molecule has 4 nitrogen and oxygen atoms in total. The second kappa shape index (κ2) is 6.08. The van der Waals surface area contributed by atoms with Crippen molar-refractivity contribution in [3.63, 3.8) is 0 Å². The predicted molar refractivity (Wildman–Crippen MR) is 82.4 cm³/mol. The second-order valence-electron chi connectivity index (χ2n) is 5.79. The first-order valence-corrected chi connectivity index (χ1v) is 7.65. The van der Waals surface area contributed by atoms with Gasteiger partial charge in [0.25, 0.3) is 0 Å². The lowest BCUT2D eigenvalue weighted by molar-refractivity contribution is 0.231. The van der Waals surface area contributed by atoms with E-state index in [4.69, 9.17) is 16.7 Å². The third-order valence-electron chi connectivity index (χ3n) is 4.11. The Balaban J connectivity index is 1.46. The summed E-state index contributed by atoms with van der Waals surface area (Å²) in [7, 11) is 0. The summed E-state index contributed by atoms with van der Waals surface area (Å²) in [6.07, 6.45) is 5.62. The van der Waals surface area contributed by atoms with Crippen molar-refractivity contribution in [2.24, 2.45) is 5.92 Å². The van der Waals surface area contributed by atoms with Crippen LogP contribution in [-0.2, 0) is 0 Å². The lowest BCUT2D eigenvalue weighted by atomic mass is 10.1. The van der Waals surface area contributed by atoms with Gasteiger partial charge in [-0.1, -0.05) is 35.9 Å². The number of nitrogens with one attached hydrogen (secondary N) is 2. The standard InChI is InChI=1S/C16H19ClN2O2/c17-12-3-1-2-11(7-12)14-8-15(14)19-16(21)18-13-5-4-10(6-13)9-20/h1-5,7,10,13-15,20H,6,8-9H2,(H2,18,19,21)/t10-,13+,14?,15?/m0/s1. The van der Waals surface area contributed by atoms with E-state index in [0.717, 1.165) is 17.9 Å². The maximum atomic E-state index is 11.9. The lowest BCUT2D eigenvalue weighted by Crippen LogP contribution is -2.42. The summed E-state index contributed by atoms with van der Waals surface area (Å²) < 4.78 is 0. The Bertz CT molecular complexity index is 561. The highest BCUT2D eigenvalue weighted by atomic mass is 35.5. The molecule has 2 aliphatic carbocycles. The van der Waals surface area contributed by atoms with Crippen molar-refractivity contribution in [3.05, 3.63) is 47.0 Å². The fourth-order valence-electron chi connectivity index (χ4n) is 2.86. The number of hydrogen-bond donors (Lipinski definition) is 3. The number of hydrogen-bond acceptors (Lipinski definition) is 2. The van der Waals surface area contributed by atoms with Gasteiger partial charge in [-0.05, 0) is 30.5 Å². The van der Waals surface area contributed by atoms with Crippen LogP contribution in [0.3, 0.4) is 0 Å². The number of aliphatic hydroxyl groups is 1. The van der Waals surface area contributed by atoms with Crippen molar-refractivity contribution >= 4 is 17.6 Å². The largest absolute Gasteiger partial charge is 0.396 e. The number of aliphatic hydroxyl groups excluding tert-OH is 1. The van der Waals surface area contributed by atoms with E-state index in [2.05, 4.69) is 10.6 Å². The Morgan fingerprint density at radius 2 is 2.14 bits per heavy atom. The summed E-state index contributed by atoms with van der Waals surface area (Å²) in [6, 6.07) is 7.85. The smallest absolute Gasteiger partial charge is 0.315 e. The average molecular weight is 307 g/mol. The van der Waals surface area contributed by atoms with Gasteiger partial charge in [0.15, 0.2) is 0 Å². The molecule has 3 N–H and O–H groups in total. The fourth-order valence-corrected chi connectivity index (χ4v) is 3.05. The van der Waals surface area contributed by atoms with Gasteiger partial charge in [0, 0.05) is 35.5 Å². The number of benzene rings is 1. The quantitative estimate of drug-likeness (QED) is 0.748. The molecule has 0 radical (unpaired) electrons. The molecule has 3 rings (SSSR count). The second-order valence-corrected chi connectivity index (χ2v) is 6.23. The number of rotatable bonds is 4. The molecule has 21 heavy (non-hydrogen) atoms. The van der Waals surface area contributed by atoms with E-state index in [9.17, 15) is 4.79 Å². The van der Waals surface area contributed by atoms with Crippen molar-refractivity contribution in [3.8, 4) is 0 Å². The van der Waals surface area contributed by atoms with E-state index in [1.807, 2.05) is 36.4 Å². The number of carbonyl (C=O) groups excluding carboxylic acids is 1. The summed E-state index contributed by atoms with van der Waals surface area (Å²) in [5.41, 5.74) is 1.17. The monoisotopic (exact) mass is 306 g/mol. The van der Waals surface area contributed by atoms with Crippen LogP contribution in [0.25, 0.3) is 0 Å². The van der Waals surface area contributed by atoms with Crippen molar-refractivity contribution < 1.29 is 9.90 Å². The van der Waals surface area contributed by atoms with Gasteiger partial charge >= 0.3 is 6.03 Å². The van der Waals surface area contributed by atoms with Crippen LogP contribution in [0.15, 0.2) is 36.4 Å². The zero-order valence-electron chi connectivity index (χ0n) is 11.6. The third-order valence-corrected chi connectivity index (χ3v) is 4.34. The van der Waals surface area contributed by atoms with Crippen LogP contribution in [0, 0.1) is 5.92 Å². The molecule has 5 heteroatoms. The van der Waals surface area contributed by atoms with E-state index in [0.29, 0.717) is 5.92 Å². The number of amides is 2. The van der Waals surface area contributed by atoms with Crippen LogP contribution < -0.4 is 10.6 Å². The van der Waals surface area contributed by atoms with Crippen LogP contribution in [0.4, 0.5) is 4.79 Å². The molecule has 0 saturated heterocycles. The molecule has 0 spiro atoms. The highest BCUT2D eigenvalue weighted by Gasteiger charge is 2.39. The summed E-state index contributed by atoms with van der Waals surface area (Å²) in [6.45, 7) is 0.135. The lowest BCUT2D eigenvalue weighted by Gasteiger charge is -2.13. The van der Waals surface area contributed by atoms with E-state index in [1.165, 1.54) is 5.56 Å². The zero-order valence-corrected chi connectivity index (χ0v) is 12.4. The van der Waals surface area contributed by atoms with E-state index in [-0.39, 0.29) is 30.6 Å². The van der Waals surface area contributed by atoms with Gasteiger partial charge < -0.3 is 15.7 Å². The molecule has 0 aromatic heterocycles. The Kier molecular flexibility index (Phi) is 4.17. The van der Waals surface area contributed by atoms with Crippen LogP contribution in [0.2, 0.25) is 5.02 Å². The van der Waals surface area contributed by atoms with Gasteiger partial charge in [-0.25, -0.2) is 4.79 Å². The van der Waals surface area contributed by atoms with Gasteiger partial charge in [-0.15, -0.1) is 0 Å². The minimum atomic E-state index is -0.141. The molecular weight excluding hydrogens is 288 g/mol.